The Morgan fingerprint density at radius 3 is 2.57 bits per heavy atom. The highest BCUT2D eigenvalue weighted by Crippen LogP contribution is 2.38. The van der Waals surface area contributed by atoms with Crippen molar-refractivity contribution >= 4 is 5.69 Å². The molecule has 4 rings (SSSR count). The third-order valence-corrected chi connectivity index (χ3v) is 5.74. The molecule has 0 amide bonds. The van der Waals surface area contributed by atoms with Gasteiger partial charge in [0.05, 0.1) is 12.8 Å². The summed E-state index contributed by atoms with van der Waals surface area (Å²) < 4.78 is 5.61. The van der Waals surface area contributed by atoms with Crippen LogP contribution in [0, 0.1) is 0 Å². The Morgan fingerprint density at radius 2 is 1.87 bits per heavy atom. The third kappa shape index (κ3) is 4.04. The maximum absolute atomic E-state index is 11.3. The van der Waals surface area contributed by atoms with Gasteiger partial charge in [-0.25, -0.2) is 0 Å². The number of hydrogen-bond donors (Lipinski definition) is 2. The monoisotopic (exact) mass is 403 g/mol. The fourth-order valence-corrected chi connectivity index (χ4v) is 4.16. The van der Waals surface area contributed by atoms with Crippen LogP contribution in [0.15, 0.2) is 60.8 Å². The SMILES string of the molecule is CCc1cc(C(O)c2nccc(OC)c2-c2ccccc2)ccc1N1CCNCC1. The van der Waals surface area contributed by atoms with Gasteiger partial charge in [0.1, 0.15) is 11.9 Å². The molecule has 2 aromatic carbocycles. The van der Waals surface area contributed by atoms with E-state index in [9.17, 15) is 5.11 Å². The number of benzene rings is 2. The molecule has 2 N–H and O–H groups in total. The molecular weight excluding hydrogens is 374 g/mol. The first-order valence-electron chi connectivity index (χ1n) is 10.6. The van der Waals surface area contributed by atoms with Crippen molar-refractivity contribution in [3.05, 3.63) is 77.6 Å². The van der Waals surface area contributed by atoms with Crippen LogP contribution in [0.1, 0.15) is 29.8 Å². The minimum Gasteiger partial charge on any atom is -0.496 e. The Hall–Kier alpha value is -2.89. The Kier molecular flexibility index (Phi) is 6.31. The average Bonchev–Trinajstić information content (AvgIpc) is 2.83. The number of aromatic nitrogens is 1. The van der Waals surface area contributed by atoms with Gasteiger partial charge in [0.15, 0.2) is 0 Å². The number of ether oxygens (including phenoxy) is 1. The van der Waals surface area contributed by atoms with Crippen molar-refractivity contribution < 1.29 is 9.84 Å². The van der Waals surface area contributed by atoms with Gasteiger partial charge in [-0.3, -0.25) is 4.98 Å². The number of nitrogens with zero attached hydrogens (tertiary/aromatic N) is 2. The molecule has 156 valence electrons. The number of anilines is 1. The topological polar surface area (TPSA) is 57.6 Å². The minimum absolute atomic E-state index is 0.609. The molecule has 1 saturated heterocycles. The molecule has 1 atom stereocenters. The van der Waals surface area contributed by atoms with Crippen molar-refractivity contribution in [2.45, 2.75) is 19.4 Å². The summed E-state index contributed by atoms with van der Waals surface area (Å²) in [7, 11) is 1.65. The highest BCUT2D eigenvalue weighted by molar-refractivity contribution is 5.73. The molecule has 30 heavy (non-hydrogen) atoms. The maximum Gasteiger partial charge on any atom is 0.130 e. The zero-order valence-electron chi connectivity index (χ0n) is 17.6. The van der Waals surface area contributed by atoms with E-state index in [4.69, 9.17) is 4.74 Å². The number of aliphatic hydroxyl groups excluding tert-OH is 1. The van der Waals surface area contributed by atoms with E-state index in [-0.39, 0.29) is 0 Å². The number of piperazine rings is 1. The lowest BCUT2D eigenvalue weighted by Crippen LogP contribution is -2.43. The standard InChI is InChI=1S/C25H29N3O2/c1-3-18-17-20(9-10-21(18)28-15-13-26-14-16-28)25(29)24-23(19-7-5-4-6-8-19)22(30-2)11-12-27-24/h4-12,17,25-26,29H,3,13-16H2,1-2H3. The van der Waals surface area contributed by atoms with Crippen molar-refractivity contribution in [1.82, 2.24) is 10.3 Å². The van der Waals surface area contributed by atoms with Gasteiger partial charge in [0.25, 0.3) is 0 Å². The first-order chi connectivity index (χ1) is 14.7. The summed E-state index contributed by atoms with van der Waals surface area (Å²) in [6.07, 6.45) is 1.77. The van der Waals surface area contributed by atoms with E-state index in [1.54, 1.807) is 13.3 Å². The number of rotatable bonds is 6. The van der Waals surface area contributed by atoms with Gasteiger partial charge >= 0.3 is 0 Å². The molecule has 1 aliphatic rings. The largest absolute Gasteiger partial charge is 0.496 e. The normalized spacial score (nSPS) is 15.1. The second kappa shape index (κ2) is 9.28. The number of nitrogens with one attached hydrogen (secondary N) is 1. The summed E-state index contributed by atoms with van der Waals surface area (Å²) >= 11 is 0. The number of aryl methyl sites for hydroxylation is 1. The molecule has 3 aromatic rings. The van der Waals surface area contributed by atoms with Crippen LogP contribution in [0.4, 0.5) is 5.69 Å². The zero-order valence-corrected chi connectivity index (χ0v) is 17.6. The van der Waals surface area contributed by atoms with E-state index < -0.39 is 6.10 Å². The number of hydrogen-bond acceptors (Lipinski definition) is 5. The quantitative estimate of drug-likeness (QED) is 0.655. The van der Waals surface area contributed by atoms with Gasteiger partial charge in [-0.05, 0) is 35.2 Å². The summed E-state index contributed by atoms with van der Waals surface area (Å²) in [5.41, 5.74) is 5.78. The van der Waals surface area contributed by atoms with Crippen LogP contribution in [0.25, 0.3) is 11.1 Å². The van der Waals surface area contributed by atoms with Gasteiger partial charge in [0.2, 0.25) is 0 Å². The maximum atomic E-state index is 11.3. The smallest absolute Gasteiger partial charge is 0.130 e. The van der Waals surface area contributed by atoms with Crippen LogP contribution in [0.5, 0.6) is 5.75 Å². The van der Waals surface area contributed by atoms with Gasteiger partial charge in [-0.15, -0.1) is 0 Å². The Morgan fingerprint density at radius 1 is 1.10 bits per heavy atom. The molecule has 0 aliphatic carbocycles. The first-order valence-corrected chi connectivity index (χ1v) is 10.6. The second-order valence-electron chi connectivity index (χ2n) is 7.52. The average molecular weight is 404 g/mol. The van der Waals surface area contributed by atoms with Crippen molar-refractivity contribution in [3.8, 4) is 16.9 Å². The molecule has 5 nitrogen and oxygen atoms in total. The Balaban J connectivity index is 1.74. The van der Waals surface area contributed by atoms with Crippen LogP contribution in [-0.2, 0) is 6.42 Å². The molecular formula is C25H29N3O2. The highest BCUT2D eigenvalue weighted by Gasteiger charge is 2.22. The zero-order chi connectivity index (χ0) is 20.9. The first kappa shape index (κ1) is 20.4. The number of methoxy groups -OCH3 is 1. The molecule has 1 aromatic heterocycles. The van der Waals surface area contributed by atoms with Crippen molar-refractivity contribution in [2.24, 2.45) is 0 Å². The van der Waals surface area contributed by atoms with Gasteiger partial charge < -0.3 is 20.1 Å². The minimum atomic E-state index is -0.835. The fourth-order valence-electron chi connectivity index (χ4n) is 4.16. The van der Waals surface area contributed by atoms with E-state index >= 15 is 0 Å². The van der Waals surface area contributed by atoms with Crippen molar-refractivity contribution in [1.29, 1.82) is 0 Å². The van der Waals surface area contributed by atoms with Crippen molar-refractivity contribution in [3.63, 3.8) is 0 Å². The van der Waals surface area contributed by atoms with Gasteiger partial charge in [0, 0.05) is 43.6 Å². The fraction of sp³-hybridized carbons (Fsp3) is 0.320. The molecule has 0 saturated carbocycles. The molecule has 1 unspecified atom stereocenters. The second-order valence-corrected chi connectivity index (χ2v) is 7.52. The predicted molar refractivity (Wildman–Crippen MR) is 121 cm³/mol. The van der Waals surface area contributed by atoms with E-state index in [2.05, 4.69) is 34.3 Å². The van der Waals surface area contributed by atoms with Crippen LogP contribution in [0.3, 0.4) is 0 Å². The van der Waals surface area contributed by atoms with Crippen molar-refractivity contribution in [2.75, 3.05) is 38.2 Å². The van der Waals surface area contributed by atoms with E-state index in [1.807, 2.05) is 42.5 Å². The van der Waals surface area contributed by atoms with Crippen LogP contribution >= 0.6 is 0 Å². The van der Waals surface area contributed by atoms with E-state index in [0.717, 1.165) is 49.3 Å². The van der Waals surface area contributed by atoms with E-state index in [1.165, 1.54) is 11.3 Å². The van der Waals surface area contributed by atoms with Crippen LogP contribution in [-0.4, -0.2) is 43.4 Å². The predicted octanol–water partition coefficient (Wildman–Crippen LogP) is 3.81. The summed E-state index contributed by atoms with van der Waals surface area (Å²) in [4.78, 5) is 6.98. The molecule has 1 fully saturated rings. The van der Waals surface area contributed by atoms with Crippen LogP contribution in [0.2, 0.25) is 0 Å². The molecule has 5 heteroatoms. The lowest BCUT2D eigenvalue weighted by Gasteiger charge is -2.31. The Labute approximate surface area is 178 Å². The molecule has 0 bridgehead atoms. The number of pyridine rings is 1. The van der Waals surface area contributed by atoms with Crippen LogP contribution < -0.4 is 15.0 Å². The lowest BCUT2D eigenvalue weighted by molar-refractivity contribution is 0.215. The van der Waals surface area contributed by atoms with E-state index in [0.29, 0.717) is 11.4 Å². The molecule has 0 spiro atoms. The third-order valence-electron chi connectivity index (χ3n) is 5.74. The van der Waals surface area contributed by atoms with Gasteiger partial charge in [-0.1, -0.05) is 49.4 Å². The Bertz CT molecular complexity index is 985. The molecule has 2 heterocycles. The molecule has 1 aliphatic heterocycles. The summed E-state index contributed by atoms with van der Waals surface area (Å²) in [6, 6.07) is 18.1. The summed E-state index contributed by atoms with van der Waals surface area (Å²) in [5.74, 6) is 0.707. The summed E-state index contributed by atoms with van der Waals surface area (Å²) in [6.45, 7) is 6.18. The highest BCUT2D eigenvalue weighted by atomic mass is 16.5. The van der Waals surface area contributed by atoms with Gasteiger partial charge in [-0.2, -0.15) is 0 Å². The number of aliphatic hydroxyl groups is 1. The molecule has 0 radical (unpaired) electrons. The lowest BCUT2D eigenvalue weighted by atomic mass is 9.94. The summed E-state index contributed by atoms with van der Waals surface area (Å²) in [5, 5.41) is 14.7.